The first-order valence-corrected chi connectivity index (χ1v) is 25.8. The summed E-state index contributed by atoms with van der Waals surface area (Å²) in [5, 5.41) is 19.3. The second-order valence-electron chi connectivity index (χ2n) is 15.9. The summed E-state index contributed by atoms with van der Waals surface area (Å²) in [6, 6.07) is 0. The van der Waals surface area contributed by atoms with E-state index in [1.807, 2.05) is 19.1 Å². The molecule has 0 fully saturated rings. The maximum Gasteiger partial charge on any atom is 0.472 e. The number of unbranched alkanes of at least 4 members (excludes halogenated alkanes) is 13. The average molecular weight is 909 g/mol. The molecule has 0 rings (SSSR count). The van der Waals surface area contributed by atoms with Crippen molar-refractivity contribution in [1.82, 2.24) is 0 Å². The number of hydrogen-bond acceptors (Lipinski definition) is 11. The summed E-state index contributed by atoms with van der Waals surface area (Å²) in [6.07, 6.45) is 36.3. The lowest BCUT2D eigenvalue weighted by atomic mass is 10.0. The van der Waals surface area contributed by atoms with E-state index in [0.717, 1.165) is 63.7 Å². The normalized spacial score (nSPS) is 15.0. The predicted molar refractivity (Wildman–Crippen MR) is 240 cm³/mol. The number of carbonyl (C=O) groups excluding carboxylic acids is 2. The third kappa shape index (κ3) is 44.4. The lowest BCUT2D eigenvalue weighted by Gasteiger charge is -2.20. The van der Waals surface area contributed by atoms with Crippen molar-refractivity contribution in [3.63, 3.8) is 0 Å². The summed E-state index contributed by atoms with van der Waals surface area (Å²) in [4.78, 5) is 52.7. The summed E-state index contributed by atoms with van der Waals surface area (Å²) in [6.45, 7) is 3.74. The smallest absolute Gasteiger partial charge is 0.462 e. The number of esters is 2. The van der Waals surface area contributed by atoms with Gasteiger partial charge in [-0.05, 0) is 63.7 Å². The first-order chi connectivity index (χ1) is 29.1. The average Bonchev–Trinajstić information content (AvgIpc) is 3.21. The molecule has 0 spiro atoms. The van der Waals surface area contributed by atoms with E-state index < -0.39 is 66.2 Å². The zero-order valence-electron chi connectivity index (χ0n) is 37.5. The predicted octanol–water partition coefficient (Wildman–Crippen LogP) is 10.7. The van der Waals surface area contributed by atoms with Gasteiger partial charge in [-0.1, -0.05) is 153 Å². The molecule has 61 heavy (non-hydrogen) atoms. The molecule has 0 heterocycles. The van der Waals surface area contributed by atoms with Gasteiger partial charge in [0.05, 0.1) is 25.9 Å². The number of carbonyl (C=O) groups is 2. The molecule has 0 aliphatic rings. The minimum atomic E-state index is -4.87. The van der Waals surface area contributed by atoms with E-state index in [1.54, 1.807) is 0 Å². The molecular formula is C45H82O14P2. The standard InChI is InChI=1S/C45H82O14P2/c1-4-41(46)33-29-25-21-17-13-9-5-6-10-14-18-22-26-30-34-44(48)55-38-43(39-58-61(53,54)57-37-42(47)36-56-60(50,51)52)59-45(49)35-31-27-23-19-15-11-7-8-12-16-20-24-28-32-40(2)3/h6,9-10,13,18,21-22,25,40-43,46-47H,4-5,7-8,11-12,14-17,19-20,23-24,26-39H2,1-3H3,(H,53,54)(H2,50,51,52)/b10-6-,13-9-,22-18-,25-21-/t41-,42-,43+/m0/s1. The summed E-state index contributed by atoms with van der Waals surface area (Å²) in [5.74, 6) is -0.318. The van der Waals surface area contributed by atoms with Crippen LogP contribution in [0.3, 0.4) is 0 Å². The molecule has 0 radical (unpaired) electrons. The van der Waals surface area contributed by atoms with Crippen molar-refractivity contribution in [1.29, 1.82) is 0 Å². The van der Waals surface area contributed by atoms with Crippen LogP contribution in [0.5, 0.6) is 0 Å². The van der Waals surface area contributed by atoms with Crippen LogP contribution < -0.4 is 0 Å². The Labute approximate surface area is 367 Å². The number of ether oxygens (including phenoxy) is 2. The molecule has 356 valence electrons. The number of phosphoric acid groups is 2. The molecule has 1 unspecified atom stereocenters. The van der Waals surface area contributed by atoms with Crippen LogP contribution in [0.1, 0.15) is 175 Å². The lowest BCUT2D eigenvalue weighted by Crippen LogP contribution is -2.30. The maximum atomic E-state index is 12.7. The minimum Gasteiger partial charge on any atom is -0.462 e. The number of phosphoric ester groups is 2. The summed E-state index contributed by atoms with van der Waals surface area (Å²) < 4.78 is 47.7. The van der Waals surface area contributed by atoms with E-state index >= 15 is 0 Å². The van der Waals surface area contributed by atoms with Crippen LogP contribution in [0.4, 0.5) is 0 Å². The number of rotatable bonds is 42. The molecule has 16 heteroatoms. The van der Waals surface area contributed by atoms with Gasteiger partial charge in [-0.25, -0.2) is 9.13 Å². The van der Waals surface area contributed by atoms with Crippen LogP contribution in [-0.2, 0) is 41.8 Å². The number of aliphatic hydroxyl groups is 2. The van der Waals surface area contributed by atoms with Gasteiger partial charge >= 0.3 is 27.6 Å². The second-order valence-corrected chi connectivity index (χ2v) is 18.6. The Hall–Kier alpha value is -1.96. The molecule has 0 bridgehead atoms. The highest BCUT2D eigenvalue weighted by Crippen LogP contribution is 2.43. The molecule has 0 amide bonds. The van der Waals surface area contributed by atoms with Crippen molar-refractivity contribution < 1.29 is 66.7 Å². The number of allylic oxidation sites excluding steroid dienone is 8. The summed E-state index contributed by atoms with van der Waals surface area (Å²) in [7, 11) is -9.70. The van der Waals surface area contributed by atoms with Crippen LogP contribution in [0, 0.1) is 5.92 Å². The van der Waals surface area contributed by atoms with E-state index in [2.05, 4.69) is 59.4 Å². The number of aliphatic hydroxyl groups excluding tert-OH is 2. The van der Waals surface area contributed by atoms with Crippen molar-refractivity contribution in [2.75, 3.05) is 26.4 Å². The van der Waals surface area contributed by atoms with Crippen LogP contribution in [0.15, 0.2) is 48.6 Å². The Morgan fingerprint density at radius 1 is 0.525 bits per heavy atom. The monoisotopic (exact) mass is 909 g/mol. The molecule has 0 aromatic carbocycles. The van der Waals surface area contributed by atoms with Crippen molar-refractivity contribution >= 4 is 27.6 Å². The fourth-order valence-electron chi connectivity index (χ4n) is 5.92. The van der Waals surface area contributed by atoms with Gasteiger partial charge in [-0.2, -0.15) is 0 Å². The van der Waals surface area contributed by atoms with Gasteiger partial charge in [0.1, 0.15) is 12.7 Å². The zero-order chi connectivity index (χ0) is 45.5. The molecule has 0 aliphatic carbocycles. The Bertz CT molecular complexity index is 1300. The van der Waals surface area contributed by atoms with E-state index in [-0.39, 0.29) is 18.9 Å². The van der Waals surface area contributed by atoms with Crippen molar-refractivity contribution in [3.05, 3.63) is 48.6 Å². The summed E-state index contributed by atoms with van der Waals surface area (Å²) in [5.41, 5.74) is 0. The lowest BCUT2D eigenvalue weighted by molar-refractivity contribution is -0.161. The SMILES string of the molecule is CC[C@H](O)CC/C=C\C/C=C\C/C=C\C/C=C\CCCC(=O)OC[C@H](COP(=O)(O)OC[C@@H](O)COP(=O)(O)O)OC(=O)CCCCCCCCCCCCCCCC(C)C. The largest absolute Gasteiger partial charge is 0.472 e. The van der Waals surface area contributed by atoms with Crippen molar-refractivity contribution in [2.24, 2.45) is 5.92 Å². The van der Waals surface area contributed by atoms with E-state index in [0.29, 0.717) is 19.3 Å². The fourth-order valence-corrected chi connectivity index (χ4v) is 7.07. The third-order valence-corrected chi connectivity index (χ3v) is 11.0. The molecule has 0 saturated heterocycles. The Morgan fingerprint density at radius 2 is 0.984 bits per heavy atom. The molecule has 0 aromatic rings. The van der Waals surface area contributed by atoms with E-state index in [1.165, 1.54) is 64.2 Å². The van der Waals surface area contributed by atoms with Gasteiger partial charge in [0.25, 0.3) is 0 Å². The molecule has 5 N–H and O–H groups in total. The van der Waals surface area contributed by atoms with Gasteiger partial charge in [0, 0.05) is 12.8 Å². The Kier molecular flexibility index (Phi) is 38.3. The molecule has 0 saturated carbocycles. The minimum absolute atomic E-state index is 0.106. The zero-order valence-corrected chi connectivity index (χ0v) is 39.3. The highest BCUT2D eigenvalue weighted by Gasteiger charge is 2.28. The Balaban J connectivity index is 4.58. The van der Waals surface area contributed by atoms with Gasteiger partial charge in [0.2, 0.25) is 0 Å². The molecule has 0 aliphatic heterocycles. The quantitative estimate of drug-likeness (QED) is 0.0167. The highest BCUT2D eigenvalue weighted by molar-refractivity contribution is 7.47. The van der Waals surface area contributed by atoms with Gasteiger partial charge in [-0.3, -0.25) is 23.2 Å². The topological polar surface area (TPSA) is 216 Å². The molecule has 14 nitrogen and oxygen atoms in total. The van der Waals surface area contributed by atoms with Crippen LogP contribution in [-0.4, -0.2) is 81.6 Å². The third-order valence-electron chi connectivity index (χ3n) is 9.55. The fraction of sp³-hybridized carbons (Fsp3) is 0.778. The van der Waals surface area contributed by atoms with Crippen LogP contribution in [0.25, 0.3) is 0 Å². The molecular weight excluding hydrogens is 826 g/mol. The Morgan fingerprint density at radius 3 is 1.51 bits per heavy atom. The maximum absolute atomic E-state index is 12.7. The first-order valence-electron chi connectivity index (χ1n) is 22.8. The highest BCUT2D eigenvalue weighted by atomic mass is 31.2. The molecule has 0 aromatic heterocycles. The van der Waals surface area contributed by atoms with E-state index in [9.17, 15) is 33.8 Å². The van der Waals surface area contributed by atoms with Crippen molar-refractivity contribution in [3.8, 4) is 0 Å². The van der Waals surface area contributed by atoms with Crippen LogP contribution >= 0.6 is 15.6 Å². The van der Waals surface area contributed by atoms with E-state index in [4.69, 9.17) is 23.8 Å². The number of hydrogen-bond donors (Lipinski definition) is 5. The van der Waals surface area contributed by atoms with Gasteiger partial charge in [-0.15, -0.1) is 0 Å². The van der Waals surface area contributed by atoms with Gasteiger partial charge in [0.15, 0.2) is 6.10 Å². The van der Waals surface area contributed by atoms with Crippen LogP contribution in [0.2, 0.25) is 0 Å². The molecule has 4 atom stereocenters. The van der Waals surface area contributed by atoms with Crippen molar-refractivity contribution in [2.45, 2.75) is 193 Å². The van der Waals surface area contributed by atoms with Gasteiger partial charge < -0.3 is 34.4 Å². The second kappa shape index (κ2) is 39.6. The first kappa shape index (κ1) is 59.0. The summed E-state index contributed by atoms with van der Waals surface area (Å²) >= 11 is 0.